The lowest BCUT2D eigenvalue weighted by Crippen LogP contribution is -2.44. The zero-order valence-corrected chi connectivity index (χ0v) is 14.7. The number of hydrogen-bond donors (Lipinski definition) is 1. The van der Waals surface area contributed by atoms with Crippen LogP contribution in [0.4, 0.5) is 4.39 Å². The Bertz CT molecular complexity index is 733. The molecule has 0 unspecified atom stereocenters. The number of carbonyl (C=O) groups excluding carboxylic acids is 2. The van der Waals surface area contributed by atoms with Crippen LogP contribution in [0.1, 0.15) is 29.7 Å². The molecule has 1 aliphatic heterocycles. The number of thiophene rings is 1. The highest BCUT2D eigenvalue weighted by molar-refractivity contribution is 7.09. The molecule has 1 fully saturated rings. The minimum absolute atomic E-state index is 0.0355. The summed E-state index contributed by atoms with van der Waals surface area (Å²) >= 11 is 1.59. The van der Waals surface area contributed by atoms with Crippen LogP contribution in [0.5, 0.6) is 0 Å². The Morgan fingerprint density at radius 2 is 2.20 bits per heavy atom. The van der Waals surface area contributed by atoms with Gasteiger partial charge >= 0.3 is 0 Å². The Kier molecular flexibility index (Phi) is 5.81. The summed E-state index contributed by atoms with van der Waals surface area (Å²) in [4.78, 5) is 27.3. The van der Waals surface area contributed by atoms with E-state index in [9.17, 15) is 14.0 Å². The van der Waals surface area contributed by atoms with Gasteiger partial charge in [0.25, 0.3) is 0 Å². The summed E-state index contributed by atoms with van der Waals surface area (Å²) in [5.41, 5.74) is 0.921. The Hall–Kier alpha value is -2.21. The predicted molar refractivity (Wildman–Crippen MR) is 95.6 cm³/mol. The molecule has 0 saturated carbocycles. The minimum Gasteiger partial charge on any atom is -0.354 e. The summed E-state index contributed by atoms with van der Waals surface area (Å²) in [6, 6.07) is 10.0. The summed E-state index contributed by atoms with van der Waals surface area (Å²) in [5.74, 6) is -0.301. The number of aryl methyl sites for hydroxylation is 1. The van der Waals surface area contributed by atoms with Gasteiger partial charge in [-0.3, -0.25) is 9.59 Å². The average molecular weight is 360 g/mol. The third-order valence-corrected chi connectivity index (χ3v) is 5.23. The quantitative estimate of drug-likeness (QED) is 0.771. The monoisotopic (exact) mass is 360 g/mol. The van der Waals surface area contributed by atoms with Crippen molar-refractivity contribution in [2.75, 3.05) is 6.54 Å². The lowest BCUT2D eigenvalue weighted by molar-refractivity contribution is -0.135. The van der Waals surface area contributed by atoms with Crippen LogP contribution < -0.4 is 5.32 Å². The van der Waals surface area contributed by atoms with E-state index in [4.69, 9.17) is 0 Å². The molecule has 0 bridgehead atoms. The van der Waals surface area contributed by atoms with Gasteiger partial charge in [0.1, 0.15) is 11.9 Å². The maximum atomic E-state index is 13.1. The molecule has 6 heteroatoms. The number of amides is 2. The third-order valence-electron chi connectivity index (χ3n) is 4.37. The van der Waals surface area contributed by atoms with Gasteiger partial charge in [-0.15, -0.1) is 11.3 Å². The molecule has 1 N–H and O–H groups in total. The largest absolute Gasteiger partial charge is 0.354 e. The summed E-state index contributed by atoms with van der Waals surface area (Å²) in [7, 11) is 0. The number of likely N-dealkylation sites (tertiary alicyclic amines) is 1. The molecule has 132 valence electrons. The molecular formula is C19H21FN2O2S. The second-order valence-corrected chi connectivity index (χ2v) is 7.21. The molecule has 4 nitrogen and oxygen atoms in total. The Labute approximate surface area is 150 Å². The molecule has 1 aromatic heterocycles. The summed E-state index contributed by atoms with van der Waals surface area (Å²) in [6.45, 7) is 1.02. The van der Waals surface area contributed by atoms with Crippen molar-refractivity contribution in [3.8, 4) is 0 Å². The molecule has 3 rings (SSSR count). The predicted octanol–water partition coefficient (Wildman–Crippen LogP) is 3.13. The van der Waals surface area contributed by atoms with E-state index >= 15 is 0 Å². The lowest BCUT2D eigenvalue weighted by Gasteiger charge is -2.23. The third kappa shape index (κ3) is 4.66. The fraction of sp³-hybridized carbons (Fsp3) is 0.368. The standard InChI is InChI=1S/C19H21FN2O2S/c20-15-6-1-4-14(12-15)5-2-10-21-19(24)17-8-9-18(23)22(17)13-16-7-3-11-25-16/h1,3-4,6-7,11-12,17H,2,5,8-10,13H2,(H,21,24)/t17-/m1/s1. The number of nitrogens with zero attached hydrogens (tertiary/aromatic N) is 1. The Morgan fingerprint density at radius 3 is 2.96 bits per heavy atom. The molecule has 0 aliphatic carbocycles. The topological polar surface area (TPSA) is 49.4 Å². The first-order valence-corrected chi connectivity index (χ1v) is 9.35. The molecule has 2 aromatic rings. The van der Waals surface area contributed by atoms with Gasteiger partial charge in [-0.25, -0.2) is 4.39 Å². The van der Waals surface area contributed by atoms with E-state index < -0.39 is 0 Å². The summed E-state index contributed by atoms with van der Waals surface area (Å²) in [5, 5.41) is 4.89. The van der Waals surface area contributed by atoms with Crippen molar-refractivity contribution in [2.45, 2.75) is 38.3 Å². The molecule has 1 aliphatic rings. The zero-order valence-electron chi connectivity index (χ0n) is 13.9. The second kappa shape index (κ2) is 8.25. The summed E-state index contributed by atoms with van der Waals surface area (Å²) < 4.78 is 13.1. The average Bonchev–Trinajstić information content (AvgIpc) is 3.23. The van der Waals surface area contributed by atoms with E-state index in [1.165, 1.54) is 12.1 Å². The molecule has 0 spiro atoms. The normalized spacial score (nSPS) is 17.1. The second-order valence-electron chi connectivity index (χ2n) is 6.18. The number of hydrogen-bond acceptors (Lipinski definition) is 3. The fourth-order valence-corrected chi connectivity index (χ4v) is 3.79. The number of halogens is 1. The first-order chi connectivity index (χ1) is 12.1. The number of carbonyl (C=O) groups is 2. The van der Waals surface area contributed by atoms with Gasteiger partial charge in [-0.1, -0.05) is 18.2 Å². The van der Waals surface area contributed by atoms with Crippen LogP contribution >= 0.6 is 11.3 Å². The highest BCUT2D eigenvalue weighted by Crippen LogP contribution is 2.23. The van der Waals surface area contributed by atoms with E-state index in [1.807, 2.05) is 23.6 Å². The molecule has 1 atom stereocenters. The molecular weight excluding hydrogens is 339 g/mol. The number of benzene rings is 1. The highest BCUT2D eigenvalue weighted by Gasteiger charge is 2.35. The van der Waals surface area contributed by atoms with Crippen molar-refractivity contribution >= 4 is 23.2 Å². The van der Waals surface area contributed by atoms with Gasteiger partial charge in [0.15, 0.2) is 0 Å². The van der Waals surface area contributed by atoms with Crippen LogP contribution in [-0.4, -0.2) is 29.3 Å². The first-order valence-electron chi connectivity index (χ1n) is 8.47. The van der Waals surface area contributed by atoms with Crippen molar-refractivity contribution in [1.82, 2.24) is 10.2 Å². The Morgan fingerprint density at radius 1 is 1.32 bits per heavy atom. The maximum Gasteiger partial charge on any atom is 0.242 e. The van der Waals surface area contributed by atoms with E-state index in [1.54, 1.807) is 22.3 Å². The fourth-order valence-electron chi connectivity index (χ4n) is 3.09. The molecule has 25 heavy (non-hydrogen) atoms. The zero-order chi connectivity index (χ0) is 17.6. The van der Waals surface area contributed by atoms with Gasteiger partial charge in [-0.2, -0.15) is 0 Å². The number of nitrogens with one attached hydrogen (secondary N) is 1. The van der Waals surface area contributed by atoms with Gasteiger partial charge in [-0.05, 0) is 48.4 Å². The van der Waals surface area contributed by atoms with Gasteiger partial charge < -0.3 is 10.2 Å². The van der Waals surface area contributed by atoms with E-state index in [0.29, 0.717) is 32.4 Å². The van der Waals surface area contributed by atoms with Gasteiger partial charge in [0.2, 0.25) is 11.8 Å². The van der Waals surface area contributed by atoms with Crippen molar-refractivity contribution in [2.24, 2.45) is 0 Å². The highest BCUT2D eigenvalue weighted by atomic mass is 32.1. The Balaban J connectivity index is 1.47. The van der Waals surface area contributed by atoms with Crippen molar-refractivity contribution in [1.29, 1.82) is 0 Å². The minimum atomic E-state index is -0.385. The molecule has 2 amide bonds. The van der Waals surface area contributed by atoms with Gasteiger partial charge in [0.05, 0.1) is 6.54 Å². The SMILES string of the molecule is O=C(NCCCc1cccc(F)c1)[C@H]1CCC(=O)N1Cc1cccs1. The van der Waals surface area contributed by atoms with Crippen LogP contribution in [0.15, 0.2) is 41.8 Å². The molecule has 1 aromatic carbocycles. The molecule has 1 saturated heterocycles. The van der Waals surface area contributed by atoms with Crippen molar-refractivity contribution in [3.05, 3.63) is 58.0 Å². The van der Waals surface area contributed by atoms with E-state index in [2.05, 4.69) is 5.32 Å². The summed E-state index contributed by atoms with van der Waals surface area (Å²) in [6.07, 6.45) is 2.44. The van der Waals surface area contributed by atoms with Crippen LogP contribution in [0, 0.1) is 5.82 Å². The van der Waals surface area contributed by atoms with Crippen LogP contribution in [0.3, 0.4) is 0 Å². The smallest absolute Gasteiger partial charge is 0.242 e. The van der Waals surface area contributed by atoms with Crippen molar-refractivity contribution in [3.63, 3.8) is 0 Å². The van der Waals surface area contributed by atoms with E-state index in [0.717, 1.165) is 16.9 Å². The first kappa shape index (κ1) is 17.6. The lowest BCUT2D eigenvalue weighted by atomic mass is 10.1. The van der Waals surface area contributed by atoms with E-state index in [-0.39, 0.29) is 23.7 Å². The molecule has 0 radical (unpaired) electrons. The molecule has 2 heterocycles. The van der Waals surface area contributed by atoms with Crippen LogP contribution in [-0.2, 0) is 22.6 Å². The maximum absolute atomic E-state index is 13.1. The number of rotatable bonds is 7. The van der Waals surface area contributed by atoms with Crippen molar-refractivity contribution < 1.29 is 14.0 Å². The van der Waals surface area contributed by atoms with Gasteiger partial charge in [0, 0.05) is 17.8 Å². The van der Waals surface area contributed by atoms with Crippen LogP contribution in [0.25, 0.3) is 0 Å². The van der Waals surface area contributed by atoms with Crippen LogP contribution in [0.2, 0.25) is 0 Å².